The van der Waals surface area contributed by atoms with Crippen LogP contribution < -0.4 is 10.6 Å². The Morgan fingerprint density at radius 3 is 2.45 bits per heavy atom. The van der Waals surface area contributed by atoms with E-state index in [2.05, 4.69) is 39.4 Å². The zero-order chi connectivity index (χ0) is 21.0. The van der Waals surface area contributed by atoms with Crippen LogP contribution in [-0.2, 0) is 4.79 Å². The van der Waals surface area contributed by atoms with Gasteiger partial charge in [0.1, 0.15) is 6.29 Å². The van der Waals surface area contributed by atoms with E-state index in [1.807, 2.05) is 44.2 Å². The highest BCUT2D eigenvalue weighted by Gasteiger charge is 2.17. The molecule has 0 aliphatic rings. The van der Waals surface area contributed by atoms with Crippen LogP contribution in [0.4, 0.5) is 11.1 Å². The molecular weight excluding hydrogens is 406 g/mol. The fraction of sp³-hybridized carbons (Fsp3) is 0.333. The summed E-state index contributed by atoms with van der Waals surface area (Å²) in [4.78, 5) is 26.1. The molecule has 29 heavy (non-hydrogen) atoms. The molecule has 3 rings (SSSR count). The normalized spacial score (nSPS) is 12.2. The predicted octanol–water partition coefficient (Wildman–Crippen LogP) is 5.38. The van der Waals surface area contributed by atoms with Gasteiger partial charge < -0.3 is 15.4 Å². The number of hydrogen-bond donors (Lipinski definition) is 2. The molecule has 0 saturated heterocycles. The maximum Gasteiger partial charge on any atom is 0.224 e. The van der Waals surface area contributed by atoms with E-state index in [4.69, 9.17) is 11.6 Å². The summed E-state index contributed by atoms with van der Waals surface area (Å²) in [7, 11) is 0. The summed E-state index contributed by atoms with van der Waals surface area (Å²) in [5.41, 5.74) is 2.21. The summed E-state index contributed by atoms with van der Waals surface area (Å²) in [6.07, 6.45) is 2.67. The van der Waals surface area contributed by atoms with Gasteiger partial charge in [0.05, 0.1) is 22.3 Å². The fourth-order valence-corrected chi connectivity index (χ4v) is 3.81. The molecule has 0 fully saturated rings. The van der Waals surface area contributed by atoms with Gasteiger partial charge in [-0.1, -0.05) is 55.0 Å². The SMILES string of the molecule is CC(C)Nc1ncc(-c2cc(-c3ccccc3Cl)nc(N[C@@H](C=O)C(C)C)n2)s1. The van der Waals surface area contributed by atoms with Crippen molar-refractivity contribution < 1.29 is 4.79 Å². The average Bonchev–Trinajstić information content (AvgIpc) is 3.13. The minimum absolute atomic E-state index is 0.105. The Bertz CT molecular complexity index is 989. The highest BCUT2D eigenvalue weighted by atomic mass is 35.5. The molecular formula is C21H24ClN5OS. The monoisotopic (exact) mass is 429 g/mol. The van der Waals surface area contributed by atoms with E-state index in [-0.39, 0.29) is 18.0 Å². The molecule has 0 saturated carbocycles. The Balaban J connectivity index is 2.06. The number of nitrogens with one attached hydrogen (secondary N) is 2. The fourth-order valence-electron chi connectivity index (χ4n) is 2.66. The third-order valence-electron chi connectivity index (χ3n) is 4.21. The van der Waals surface area contributed by atoms with Gasteiger partial charge in [0.2, 0.25) is 5.95 Å². The van der Waals surface area contributed by atoms with Gasteiger partial charge in [0.15, 0.2) is 5.13 Å². The van der Waals surface area contributed by atoms with Gasteiger partial charge in [-0.15, -0.1) is 0 Å². The maximum atomic E-state index is 11.5. The van der Waals surface area contributed by atoms with Crippen molar-refractivity contribution in [2.75, 3.05) is 10.6 Å². The van der Waals surface area contributed by atoms with Crippen LogP contribution in [0.1, 0.15) is 27.7 Å². The Morgan fingerprint density at radius 1 is 1.07 bits per heavy atom. The molecule has 0 amide bonds. The molecule has 0 aliphatic heterocycles. The summed E-state index contributed by atoms with van der Waals surface area (Å²) < 4.78 is 0. The number of anilines is 2. The van der Waals surface area contributed by atoms with Crippen LogP contribution in [0.2, 0.25) is 5.02 Å². The van der Waals surface area contributed by atoms with Crippen molar-refractivity contribution >= 4 is 40.3 Å². The van der Waals surface area contributed by atoms with Crippen molar-refractivity contribution in [2.45, 2.75) is 39.8 Å². The van der Waals surface area contributed by atoms with Crippen molar-refractivity contribution in [3.63, 3.8) is 0 Å². The minimum atomic E-state index is -0.385. The first-order valence-corrected chi connectivity index (χ1v) is 10.7. The number of carbonyl (C=O) groups is 1. The molecule has 3 aromatic rings. The van der Waals surface area contributed by atoms with Crippen molar-refractivity contribution in [2.24, 2.45) is 5.92 Å². The molecule has 0 radical (unpaired) electrons. The molecule has 0 unspecified atom stereocenters. The van der Waals surface area contributed by atoms with Gasteiger partial charge >= 0.3 is 0 Å². The topological polar surface area (TPSA) is 79.8 Å². The number of thiazole rings is 1. The van der Waals surface area contributed by atoms with Gasteiger partial charge in [-0.05, 0) is 31.9 Å². The van der Waals surface area contributed by atoms with Crippen molar-refractivity contribution in [3.05, 3.63) is 41.6 Å². The van der Waals surface area contributed by atoms with E-state index in [1.165, 1.54) is 11.3 Å². The van der Waals surface area contributed by atoms with Crippen LogP contribution in [0, 0.1) is 5.92 Å². The Kier molecular flexibility index (Phi) is 6.82. The molecule has 2 aromatic heterocycles. The lowest BCUT2D eigenvalue weighted by Crippen LogP contribution is -2.28. The van der Waals surface area contributed by atoms with Crippen LogP contribution in [0.3, 0.4) is 0 Å². The Morgan fingerprint density at radius 2 is 1.79 bits per heavy atom. The first kappa shape index (κ1) is 21.2. The lowest BCUT2D eigenvalue weighted by Gasteiger charge is -2.17. The third kappa shape index (κ3) is 5.31. The summed E-state index contributed by atoms with van der Waals surface area (Å²) in [5.74, 6) is 0.490. The van der Waals surface area contributed by atoms with Crippen LogP contribution in [0.15, 0.2) is 36.5 Å². The molecule has 8 heteroatoms. The number of aldehydes is 1. The second kappa shape index (κ2) is 9.33. The van der Waals surface area contributed by atoms with E-state index in [9.17, 15) is 4.79 Å². The second-order valence-electron chi connectivity index (χ2n) is 7.32. The Labute approximate surface area is 179 Å². The molecule has 152 valence electrons. The van der Waals surface area contributed by atoms with Crippen LogP contribution >= 0.6 is 22.9 Å². The summed E-state index contributed by atoms with van der Waals surface area (Å²) in [5, 5.41) is 7.88. The molecule has 6 nitrogen and oxygen atoms in total. The van der Waals surface area contributed by atoms with E-state index in [0.717, 1.165) is 27.6 Å². The molecule has 1 aromatic carbocycles. The smallest absolute Gasteiger partial charge is 0.224 e. The maximum absolute atomic E-state index is 11.5. The zero-order valence-electron chi connectivity index (χ0n) is 16.8. The van der Waals surface area contributed by atoms with E-state index < -0.39 is 0 Å². The van der Waals surface area contributed by atoms with Gasteiger partial charge in [-0.3, -0.25) is 0 Å². The largest absolute Gasteiger partial charge is 0.359 e. The van der Waals surface area contributed by atoms with E-state index in [0.29, 0.717) is 16.7 Å². The van der Waals surface area contributed by atoms with Crippen molar-refractivity contribution in [3.8, 4) is 21.8 Å². The first-order valence-electron chi connectivity index (χ1n) is 9.46. The molecule has 0 aliphatic carbocycles. The van der Waals surface area contributed by atoms with Gasteiger partial charge in [-0.2, -0.15) is 0 Å². The minimum Gasteiger partial charge on any atom is -0.359 e. The lowest BCUT2D eigenvalue weighted by molar-refractivity contribution is -0.109. The van der Waals surface area contributed by atoms with Crippen molar-refractivity contribution in [1.29, 1.82) is 0 Å². The third-order valence-corrected chi connectivity index (χ3v) is 5.49. The highest BCUT2D eigenvalue weighted by molar-refractivity contribution is 7.18. The summed E-state index contributed by atoms with van der Waals surface area (Å²) in [6, 6.07) is 9.32. The Hall–Kier alpha value is -2.51. The molecule has 2 N–H and O–H groups in total. The standard InChI is InChI=1S/C21H24ClN5OS/c1-12(2)18(11-28)27-20-25-16(14-7-5-6-8-15(14)22)9-17(26-20)19-10-23-21(29-19)24-13(3)4/h5-13,18H,1-4H3,(H,23,24)(H,25,26,27)/t18-/m0/s1. The van der Waals surface area contributed by atoms with Crippen molar-refractivity contribution in [1.82, 2.24) is 15.0 Å². The number of hydrogen-bond acceptors (Lipinski definition) is 7. The first-order chi connectivity index (χ1) is 13.9. The number of benzene rings is 1. The van der Waals surface area contributed by atoms with Crippen LogP contribution in [-0.4, -0.2) is 33.3 Å². The summed E-state index contributed by atoms with van der Waals surface area (Å²) in [6.45, 7) is 8.07. The number of carbonyl (C=O) groups excluding carboxylic acids is 1. The van der Waals surface area contributed by atoms with E-state index >= 15 is 0 Å². The zero-order valence-corrected chi connectivity index (χ0v) is 18.4. The highest BCUT2D eigenvalue weighted by Crippen LogP contribution is 2.33. The average molecular weight is 430 g/mol. The lowest BCUT2D eigenvalue weighted by atomic mass is 10.1. The molecule has 0 spiro atoms. The molecule has 0 bridgehead atoms. The number of aromatic nitrogens is 3. The predicted molar refractivity (Wildman–Crippen MR) is 121 cm³/mol. The van der Waals surface area contributed by atoms with Gasteiger partial charge in [0.25, 0.3) is 0 Å². The summed E-state index contributed by atoms with van der Waals surface area (Å²) >= 11 is 7.92. The van der Waals surface area contributed by atoms with Crippen LogP contribution in [0.25, 0.3) is 21.8 Å². The number of nitrogens with zero attached hydrogens (tertiary/aromatic N) is 3. The molecule has 1 atom stereocenters. The second-order valence-corrected chi connectivity index (χ2v) is 8.76. The van der Waals surface area contributed by atoms with E-state index in [1.54, 1.807) is 6.20 Å². The van der Waals surface area contributed by atoms with Gasteiger partial charge in [0, 0.05) is 22.8 Å². The van der Waals surface area contributed by atoms with Gasteiger partial charge in [-0.25, -0.2) is 15.0 Å². The number of halogens is 1. The number of rotatable bonds is 8. The molecule has 2 heterocycles. The van der Waals surface area contributed by atoms with Crippen LogP contribution in [0.5, 0.6) is 0 Å². The quantitative estimate of drug-likeness (QED) is 0.468.